The molecule has 6 nitrogen and oxygen atoms in total. The van der Waals surface area contributed by atoms with Crippen LogP contribution in [-0.4, -0.2) is 23.5 Å². The van der Waals surface area contributed by atoms with Gasteiger partial charge in [0.15, 0.2) is 17.2 Å². The molecule has 1 unspecified atom stereocenters. The molecule has 2 atom stereocenters. The monoisotopic (exact) mass is 396 g/mol. The number of nitrogens with zero attached hydrogens (tertiary/aromatic N) is 1. The number of anilines is 1. The lowest BCUT2D eigenvalue weighted by molar-refractivity contribution is 0.0348. The molecule has 1 fully saturated rings. The third-order valence-corrected chi connectivity index (χ3v) is 5.62. The predicted octanol–water partition coefficient (Wildman–Crippen LogP) is 4.86. The maximum absolute atomic E-state index is 13.0. The summed E-state index contributed by atoms with van der Waals surface area (Å²) < 4.78 is 11.8. The van der Waals surface area contributed by atoms with Crippen LogP contribution in [0.15, 0.2) is 36.4 Å². The molecule has 2 bridgehead atoms. The van der Waals surface area contributed by atoms with Crippen molar-refractivity contribution >= 4 is 11.7 Å². The Morgan fingerprint density at radius 1 is 1.28 bits per heavy atom. The minimum absolute atomic E-state index is 0.103. The summed E-state index contributed by atoms with van der Waals surface area (Å²) >= 11 is 0. The van der Waals surface area contributed by atoms with Gasteiger partial charge in [0.1, 0.15) is 5.75 Å². The molecule has 2 aromatic carbocycles. The number of carbonyl (C=O) groups excluding carboxylic acids is 1. The highest BCUT2D eigenvalue weighted by molar-refractivity contribution is 5.95. The molecular formula is C23H28N2O4. The molecular weight excluding hydrogens is 368 g/mol. The third-order valence-electron chi connectivity index (χ3n) is 5.62. The Bertz CT molecular complexity index is 949. The molecule has 1 saturated heterocycles. The Hall–Kier alpha value is -2.89. The van der Waals surface area contributed by atoms with Crippen LogP contribution in [0.4, 0.5) is 10.5 Å². The number of aromatic hydroxyl groups is 1. The summed E-state index contributed by atoms with van der Waals surface area (Å²) in [5.74, 6) is 1.29. The van der Waals surface area contributed by atoms with Crippen LogP contribution in [0.25, 0.3) is 0 Å². The minimum atomic E-state index is -0.909. The van der Waals surface area contributed by atoms with Crippen LogP contribution in [0, 0.1) is 0 Å². The first-order chi connectivity index (χ1) is 13.6. The number of carbonyl (C=O) groups is 1. The van der Waals surface area contributed by atoms with E-state index in [2.05, 4.69) is 26.1 Å². The first kappa shape index (κ1) is 19.4. The summed E-state index contributed by atoms with van der Waals surface area (Å²) in [7, 11) is 0. The molecule has 2 N–H and O–H groups in total. The van der Waals surface area contributed by atoms with Crippen LogP contribution in [-0.2, 0) is 5.41 Å². The highest BCUT2D eigenvalue weighted by Crippen LogP contribution is 2.50. The van der Waals surface area contributed by atoms with Crippen LogP contribution in [0.3, 0.4) is 0 Å². The zero-order valence-electron chi connectivity index (χ0n) is 17.6. The van der Waals surface area contributed by atoms with Gasteiger partial charge in [-0.2, -0.15) is 0 Å². The molecule has 0 aromatic heterocycles. The minimum Gasteiger partial charge on any atom is -0.504 e. The van der Waals surface area contributed by atoms with Gasteiger partial charge in [0.2, 0.25) is 0 Å². The average Bonchev–Trinajstić information content (AvgIpc) is 2.63. The van der Waals surface area contributed by atoms with E-state index in [1.165, 1.54) is 0 Å². The van der Waals surface area contributed by atoms with Crippen molar-refractivity contribution in [2.24, 2.45) is 0 Å². The Kier molecular flexibility index (Phi) is 4.41. The van der Waals surface area contributed by atoms with Crippen molar-refractivity contribution in [1.82, 2.24) is 5.32 Å². The molecule has 2 aliphatic heterocycles. The SMILES string of the molecule is CCOc1ccc(N2C(=O)NC3C[C@@]2(C)Oc2c(O)cc(C(C)(C)C)cc23)cc1. The second-order valence-electron chi connectivity index (χ2n) is 8.91. The largest absolute Gasteiger partial charge is 0.504 e. The van der Waals surface area contributed by atoms with Crippen LogP contribution in [0.2, 0.25) is 0 Å². The molecule has 0 spiro atoms. The smallest absolute Gasteiger partial charge is 0.325 e. The number of benzene rings is 2. The van der Waals surface area contributed by atoms with Gasteiger partial charge in [0, 0.05) is 17.7 Å². The van der Waals surface area contributed by atoms with Crippen molar-refractivity contribution < 1.29 is 19.4 Å². The van der Waals surface area contributed by atoms with E-state index in [9.17, 15) is 9.90 Å². The molecule has 2 aromatic rings. The molecule has 154 valence electrons. The van der Waals surface area contributed by atoms with Crippen molar-refractivity contribution in [2.75, 3.05) is 11.5 Å². The molecule has 2 aliphatic rings. The number of amides is 2. The van der Waals surface area contributed by atoms with E-state index in [0.29, 0.717) is 24.5 Å². The number of nitrogens with one attached hydrogen (secondary N) is 1. The number of fused-ring (bicyclic) bond motifs is 4. The number of phenols is 1. The number of rotatable bonds is 3. The number of phenolic OH excluding ortho intramolecular Hbond substituents is 1. The van der Waals surface area contributed by atoms with E-state index in [4.69, 9.17) is 9.47 Å². The number of hydrogen-bond acceptors (Lipinski definition) is 4. The first-order valence-corrected chi connectivity index (χ1v) is 10.0. The van der Waals surface area contributed by atoms with Gasteiger partial charge in [-0.25, -0.2) is 4.79 Å². The fourth-order valence-corrected chi connectivity index (χ4v) is 4.13. The van der Waals surface area contributed by atoms with E-state index < -0.39 is 5.72 Å². The highest BCUT2D eigenvalue weighted by atomic mass is 16.5. The summed E-state index contributed by atoms with van der Waals surface area (Å²) in [6.07, 6.45) is 0.575. The van der Waals surface area contributed by atoms with Crippen molar-refractivity contribution in [3.63, 3.8) is 0 Å². The number of urea groups is 1. The lowest BCUT2D eigenvalue weighted by Crippen LogP contribution is -2.65. The standard InChI is InChI=1S/C23H28N2O4/c1-6-28-16-9-7-15(8-10-16)25-21(27)24-18-13-23(25,5)29-20-17(18)11-14(12-19(20)26)22(2,3)4/h7-12,18,26H,6,13H2,1-5H3,(H,24,27)/t18?,23-/m1/s1. The Balaban J connectivity index is 1.74. The average molecular weight is 396 g/mol. The normalized spacial score (nSPS) is 23.1. The second-order valence-corrected chi connectivity index (χ2v) is 8.91. The van der Waals surface area contributed by atoms with E-state index in [-0.39, 0.29) is 23.2 Å². The summed E-state index contributed by atoms with van der Waals surface area (Å²) in [6, 6.07) is 10.7. The topological polar surface area (TPSA) is 71.0 Å². The third kappa shape index (κ3) is 3.26. The van der Waals surface area contributed by atoms with Crippen molar-refractivity contribution in [2.45, 2.75) is 58.2 Å². The molecule has 2 amide bonds. The molecule has 29 heavy (non-hydrogen) atoms. The molecule has 6 heteroatoms. The zero-order valence-corrected chi connectivity index (χ0v) is 17.6. The van der Waals surface area contributed by atoms with Crippen LogP contribution in [0.5, 0.6) is 17.2 Å². The number of ether oxygens (including phenoxy) is 2. The maximum atomic E-state index is 13.0. The van der Waals surface area contributed by atoms with Gasteiger partial charge in [-0.1, -0.05) is 20.8 Å². The van der Waals surface area contributed by atoms with Gasteiger partial charge < -0.3 is 19.9 Å². The van der Waals surface area contributed by atoms with Crippen LogP contribution < -0.4 is 19.7 Å². The van der Waals surface area contributed by atoms with Gasteiger partial charge in [-0.05, 0) is 61.2 Å². The van der Waals surface area contributed by atoms with Crippen molar-refractivity contribution in [1.29, 1.82) is 0 Å². The quantitative estimate of drug-likeness (QED) is 0.777. The lowest BCUT2D eigenvalue weighted by atomic mass is 9.82. The van der Waals surface area contributed by atoms with Gasteiger partial charge in [0.25, 0.3) is 0 Å². The molecule has 0 radical (unpaired) electrons. The molecule has 0 saturated carbocycles. The second kappa shape index (κ2) is 6.58. The van der Waals surface area contributed by atoms with E-state index >= 15 is 0 Å². The number of hydrogen-bond donors (Lipinski definition) is 2. The predicted molar refractivity (Wildman–Crippen MR) is 112 cm³/mol. The van der Waals surface area contributed by atoms with E-state index in [1.54, 1.807) is 11.0 Å². The Morgan fingerprint density at radius 3 is 2.59 bits per heavy atom. The van der Waals surface area contributed by atoms with E-state index in [0.717, 1.165) is 16.9 Å². The Morgan fingerprint density at radius 2 is 1.97 bits per heavy atom. The highest BCUT2D eigenvalue weighted by Gasteiger charge is 2.50. The Labute approximate surface area is 171 Å². The first-order valence-electron chi connectivity index (χ1n) is 10.0. The van der Waals surface area contributed by atoms with Gasteiger partial charge in [-0.3, -0.25) is 4.90 Å². The van der Waals surface area contributed by atoms with Crippen LogP contribution >= 0.6 is 0 Å². The van der Waals surface area contributed by atoms with Gasteiger partial charge >= 0.3 is 6.03 Å². The molecule has 0 aliphatic carbocycles. The zero-order chi connectivity index (χ0) is 21.0. The summed E-state index contributed by atoms with van der Waals surface area (Å²) in [4.78, 5) is 14.7. The summed E-state index contributed by atoms with van der Waals surface area (Å²) in [6.45, 7) is 10.7. The van der Waals surface area contributed by atoms with Gasteiger partial charge in [0.05, 0.1) is 12.6 Å². The fraction of sp³-hybridized carbons (Fsp3) is 0.435. The van der Waals surface area contributed by atoms with Crippen LogP contribution in [0.1, 0.15) is 58.2 Å². The fourth-order valence-electron chi connectivity index (χ4n) is 4.13. The van der Waals surface area contributed by atoms with Crippen molar-refractivity contribution in [3.05, 3.63) is 47.5 Å². The lowest BCUT2D eigenvalue weighted by Gasteiger charge is -2.50. The van der Waals surface area contributed by atoms with Crippen molar-refractivity contribution in [3.8, 4) is 17.2 Å². The molecule has 4 rings (SSSR count). The molecule has 2 heterocycles. The maximum Gasteiger partial charge on any atom is 0.325 e. The summed E-state index contributed by atoms with van der Waals surface area (Å²) in [5.41, 5.74) is 1.51. The van der Waals surface area contributed by atoms with E-state index in [1.807, 2.05) is 44.2 Å². The summed E-state index contributed by atoms with van der Waals surface area (Å²) in [5, 5.41) is 13.8. The van der Waals surface area contributed by atoms with Gasteiger partial charge in [-0.15, -0.1) is 0 Å².